The fourth-order valence-corrected chi connectivity index (χ4v) is 0. The summed E-state index contributed by atoms with van der Waals surface area (Å²) in [4.78, 5) is 22.6. The predicted octanol–water partition coefficient (Wildman–Crippen LogP) is -1.09. The molecule has 0 aliphatic rings. The molecule has 0 rings (SSSR count). The molecule has 0 amide bonds. The number of rotatable bonds is 0. The third-order valence-electron chi connectivity index (χ3n) is 0. The average molecular weight is 170 g/mol. The van der Waals surface area contributed by atoms with Crippen LogP contribution in [0.4, 0.5) is 0 Å². The second kappa shape index (κ2) is 23.4. The molecule has 9 heavy (non-hydrogen) atoms. The Morgan fingerprint density at radius 3 is 1.56 bits per heavy atom. The zero-order valence-electron chi connectivity index (χ0n) is 5.07. The van der Waals surface area contributed by atoms with Crippen LogP contribution in [-0.2, 0) is 9.13 Å². The summed E-state index contributed by atoms with van der Waals surface area (Å²) in [5, 5.41) is 0. The Kier molecular flexibility index (Phi) is 58.9. The van der Waals surface area contributed by atoms with Gasteiger partial charge in [0.15, 0.2) is 0 Å². The van der Waals surface area contributed by atoms with Gasteiger partial charge in [-0.25, -0.2) is 0 Å². The predicted molar refractivity (Wildman–Crippen MR) is 32.8 cm³/mol. The summed E-state index contributed by atoms with van der Waals surface area (Å²) in [6.45, 7) is 0. The van der Waals surface area contributed by atoms with E-state index < -0.39 is 16.9 Å². The van der Waals surface area contributed by atoms with Crippen LogP contribution >= 0.6 is 16.9 Å². The molecule has 9 heteroatoms. The molecule has 2 atom stereocenters. The van der Waals surface area contributed by atoms with Crippen LogP contribution in [0.3, 0.4) is 0 Å². The minimum atomic E-state index is -3.12. The van der Waals surface area contributed by atoms with E-state index in [0.29, 0.717) is 0 Å². The Morgan fingerprint density at radius 2 is 1.56 bits per heavy atom. The van der Waals surface area contributed by atoms with E-state index in [2.05, 4.69) is 0 Å². The Hall–Kier alpha value is 0.637. The van der Waals surface area contributed by atoms with Crippen LogP contribution in [0.5, 0.6) is 0 Å². The van der Waals surface area contributed by atoms with Gasteiger partial charge in [-0.15, -0.1) is 0 Å². The fraction of sp³-hybridized carbons (Fsp3) is 0. The Labute approximate surface area is 66.3 Å². The molecule has 0 spiro atoms. The molecule has 6 N–H and O–H groups in total. The van der Waals surface area contributed by atoms with Crippen LogP contribution in [0, 0.1) is 0 Å². The maximum Gasteiger partial charge on any atom is 0.491 e. The smallest absolute Gasteiger partial charge is 0.491 e. The largest absolute Gasteiger partial charge is 0.567 e. The fourth-order valence-electron chi connectivity index (χ4n) is 0. The second-order valence-electron chi connectivity index (χ2n) is 0.329. The van der Waals surface area contributed by atoms with Gasteiger partial charge in [-0.2, -0.15) is 9.79 Å². The van der Waals surface area contributed by atoms with Crippen molar-refractivity contribution in [2.75, 3.05) is 0 Å². The molecular formula is H7LiNO5P2+2. The Balaban J connectivity index is -0.0000000233. The zero-order valence-corrected chi connectivity index (χ0v) is 6.96. The normalized spacial score (nSPS) is 7.22. The molecule has 51 valence electrons. The van der Waals surface area contributed by atoms with Crippen LogP contribution < -0.4 is 11.0 Å². The second-order valence-corrected chi connectivity index (χ2v) is 0.987. The van der Waals surface area contributed by atoms with Gasteiger partial charge in [-0.3, -0.25) is 0 Å². The summed E-state index contributed by atoms with van der Waals surface area (Å²) in [6, 6.07) is 0. The maximum absolute atomic E-state index is 8.59. The monoisotopic (exact) mass is 170 g/mol. The van der Waals surface area contributed by atoms with E-state index in [1.54, 1.807) is 0 Å². The number of hydrogen-bond donors (Lipinski definition) is 3. The molecule has 0 saturated carbocycles. The van der Waals surface area contributed by atoms with Crippen molar-refractivity contribution in [1.29, 1.82) is 0 Å². The Morgan fingerprint density at radius 1 is 1.56 bits per heavy atom. The van der Waals surface area contributed by atoms with Crippen LogP contribution in [-0.4, -0.2) is 28.6 Å². The third-order valence-corrected chi connectivity index (χ3v) is 0. The van der Waals surface area contributed by atoms with E-state index in [1.807, 2.05) is 0 Å². The van der Waals surface area contributed by atoms with Crippen molar-refractivity contribution in [2.24, 2.45) is 0 Å². The molecule has 0 aromatic heterocycles. The minimum Gasteiger partial charge on any atom is -0.567 e. The van der Waals surface area contributed by atoms with Crippen molar-refractivity contribution >= 4 is 35.8 Å². The first kappa shape index (κ1) is 22.6. The van der Waals surface area contributed by atoms with Gasteiger partial charge >= 0.3 is 16.9 Å². The van der Waals surface area contributed by atoms with E-state index in [1.165, 1.54) is 0 Å². The third kappa shape index (κ3) is 937. The number of hydrogen-bond acceptors (Lipinski definition) is 3. The van der Waals surface area contributed by atoms with E-state index in [4.69, 9.17) is 23.8 Å². The van der Waals surface area contributed by atoms with E-state index in [-0.39, 0.29) is 25.0 Å². The summed E-state index contributed by atoms with van der Waals surface area (Å²) < 4.78 is 17.1. The molecule has 0 saturated heterocycles. The summed E-state index contributed by atoms with van der Waals surface area (Å²) in [6.07, 6.45) is 0. The molecule has 6 nitrogen and oxygen atoms in total. The molecule has 2 unspecified atom stereocenters. The van der Waals surface area contributed by atoms with Crippen LogP contribution in [0.25, 0.3) is 0 Å². The molecule has 1 radical (unpaired) electrons. The van der Waals surface area contributed by atoms with Gasteiger partial charge in [0.2, 0.25) is 0 Å². The van der Waals surface area contributed by atoms with Gasteiger partial charge in [0.25, 0.3) is 0 Å². The van der Waals surface area contributed by atoms with Crippen LogP contribution in [0.2, 0.25) is 0 Å². The summed E-state index contributed by atoms with van der Waals surface area (Å²) >= 11 is 0. The van der Waals surface area contributed by atoms with Gasteiger partial charge in [0, 0.05) is 18.9 Å². The average Bonchev–Trinajstić information content (AvgIpc) is 1.33. The van der Waals surface area contributed by atoms with E-state index in [0.717, 1.165) is 0 Å². The van der Waals surface area contributed by atoms with Crippen molar-refractivity contribution in [3.8, 4) is 0 Å². The molecule has 0 aromatic carbocycles. The molecule has 0 bridgehead atoms. The van der Waals surface area contributed by atoms with Crippen molar-refractivity contribution in [3.05, 3.63) is 0 Å². The first-order valence-corrected chi connectivity index (χ1v) is 2.98. The first-order chi connectivity index (χ1) is 3.15. The van der Waals surface area contributed by atoms with Crippen molar-refractivity contribution in [3.63, 3.8) is 0 Å². The summed E-state index contributed by atoms with van der Waals surface area (Å²) in [5.74, 6) is 0. The van der Waals surface area contributed by atoms with Gasteiger partial charge in [0.1, 0.15) is 0 Å². The quantitative estimate of drug-likeness (QED) is 0.313. The van der Waals surface area contributed by atoms with Crippen molar-refractivity contribution in [2.45, 2.75) is 0 Å². The Bertz CT molecular complexity index is 62.0. The van der Waals surface area contributed by atoms with Crippen molar-refractivity contribution in [1.82, 2.24) is 6.15 Å². The number of quaternary nitrogens is 1. The molecule has 0 fully saturated rings. The topological polar surface area (TPSA) is 134 Å². The molecule has 0 heterocycles. The summed E-state index contributed by atoms with van der Waals surface area (Å²) in [7, 11) is -4.29. The maximum atomic E-state index is 8.59. The van der Waals surface area contributed by atoms with Gasteiger partial charge in [-0.05, 0) is 9.13 Å². The van der Waals surface area contributed by atoms with Gasteiger partial charge < -0.3 is 11.0 Å². The van der Waals surface area contributed by atoms with Crippen molar-refractivity contribution < 1.29 is 23.8 Å². The van der Waals surface area contributed by atoms with Gasteiger partial charge in [-0.1, -0.05) is 0 Å². The standard InChI is InChI=1S/Li.H3N.HO3P.HO2P/c;;1-4(2)3;1-3-2/h;1H3;(H,1,2,3);3H/p+2. The van der Waals surface area contributed by atoms with E-state index in [9.17, 15) is 0 Å². The minimum absolute atomic E-state index is 0. The van der Waals surface area contributed by atoms with Gasteiger partial charge in [0.05, 0.1) is 0 Å². The molecule has 0 aliphatic heterocycles. The molecular weight excluding hydrogens is 163 g/mol. The molecule has 0 aromatic rings. The molecule has 0 aliphatic carbocycles. The van der Waals surface area contributed by atoms with E-state index >= 15 is 0 Å². The van der Waals surface area contributed by atoms with Crippen LogP contribution in [0.1, 0.15) is 0 Å². The zero-order chi connectivity index (χ0) is 6.28. The first-order valence-electron chi connectivity index (χ1n) is 0.993. The van der Waals surface area contributed by atoms with Crippen LogP contribution in [0.15, 0.2) is 0 Å². The summed E-state index contributed by atoms with van der Waals surface area (Å²) in [5.41, 5.74) is 0. The SMILES string of the molecule is O=[P+]([O-])O.O=[PH+]O.[Li].[NH4+].